The fourth-order valence-electron chi connectivity index (χ4n) is 2.15. The van der Waals surface area contributed by atoms with E-state index in [1.54, 1.807) is 25.2 Å². The smallest absolute Gasteiger partial charge is 0.191 e. The lowest BCUT2D eigenvalue weighted by Crippen LogP contribution is -2.42. The molecule has 2 aromatic rings. The van der Waals surface area contributed by atoms with Crippen molar-refractivity contribution in [3.8, 4) is 5.75 Å². The minimum Gasteiger partial charge on any atom is -0.489 e. The Morgan fingerprint density at radius 3 is 2.76 bits per heavy atom. The van der Waals surface area contributed by atoms with Crippen molar-refractivity contribution in [2.45, 2.75) is 26.0 Å². The Morgan fingerprint density at radius 2 is 2.08 bits per heavy atom. The molecule has 0 bridgehead atoms. The van der Waals surface area contributed by atoms with Crippen molar-refractivity contribution >= 4 is 5.96 Å². The summed E-state index contributed by atoms with van der Waals surface area (Å²) in [6.07, 6.45) is 2.11. The number of benzene rings is 1. The van der Waals surface area contributed by atoms with Crippen LogP contribution in [0.15, 0.2) is 47.6 Å². The molecule has 0 saturated heterocycles. The largest absolute Gasteiger partial charge is 0.489 e. The molecule has 0 radical (unpaired) electrons. The third-order valence-electron chi connectivity index (χ3n) is 3.53. The van der Waals surface area contributed by atoms with Crippen molar-refractivity contribution < 1.29 is 13.5 Å². The predicted molar refractivity (Wildman–Crippen MR) is 93.5 cm³/mol. The zero-order chi connectivity index (χ0) is 18.1. The predicted octanol–water partition coefficient (Wildman–Crippen LogP) is 2.88. The first kappa shape index (κ1) is 18.6. The summed E-state index contributed by atoms with van der Waals surface area (Å²) in [4.78, 5) is 8.07. The Bertz CT molecular complexity index is 709. The lowest BCUT2D eigenvalue weighted by molar-refractivity contribution is 0.198. The molecule has 1 heterocycles. The quantitative estimate of drug-likeness (QED) is 0.597. The molecule has 25 heavy (non-hydrogen) atoms. The Morgan fingerprint density at radius 1 is 1.24 bits per heavy atom. The molecule has 7 heteroatoms. The molecule has 0 saturated carbocycles. The number of hydrogen-bond donors (Lipinski definition) is 2. The van der Waals surface area contributed by atoms with E-state index in [0.717, 1.165) is 6.42 Å². The number of halogens is 2. The molecule has 0 aliphatic heterocycles. The van der Waals surface area contributed by atoms with Crippen molar-refractivity contribution in [3.05, 3.63) is 59.9 Å². The molecule has 2 N–H and O–H groups in total. The number of ether oxygens (including phenoxy) is 1. The highest BCUT2D eigenvalue weighted by Crippen LogP contribution is 2.14. The summed E-state index contributed by atoms with van der Waals surface area (Å²) >= 11 is 0. The Balaban J connectivity index is 1.85. The van der Waals surface area contributed by atoms with Gasteiger partial charge in [0, 0.05) is 19.3 Å². The minimum atomic E-state index is -0.369. The summed E-state index contributed by atoms with van der Waals surface area (Å²) in [7, 11) is 1.62. The summed E-state index contributed by atoms with van der Waals surface area (Å²) in [5, 5.41) is 6.11. The second-order valence-corrected chi connectivity index (χ2v) is 5.34. The molecule has 0 fully saturated rings. The number of hydrogen-bond acceptors (Lipinski definition) is 3. The van der Waals surface area contributed by atoms with Gasteiger partial charge >= 0.3 is 0 Å². The van der Waals surface area contributed by atoms with Gasteiger partial charge in [0.1, 0.15) is 23.5 Å². The van der Waals surface area contributed by atoms with E-state index in [0.29, 0.717) is 23.9 Å². The highest BCUT2D eigenvalue weighted by Gasteiger charge is 2.10. The van der Waals surface area contributed by atoms with Crippen molar-refractivity contribution in [3.63, 3.8) is 0 Å². The molecule has 1 aromatic carbocycles. The summed E-state index contributed by atoms with van der Waals surface area (Å²) < 4.78 is 32.6. The van der Waals surface area contributed by atoms with Gasteiger partial charge in [-0.15, -0.1) is 0 Å². The van der Waals surface area contributed by atoms with E-state index in [1.165, 1.54) is 24.4 Å². The van der Waals surface area contributed by atoms with E-state index in [1.807, 2.05) is 6.92 Å². The molecular formula is C18H22F2N4O. The molecule has 0 spiro atoms. The summed E-state index contributed by atoms with van der Waals surface area (Å²) in [5.74, 6) is 0.278. The average Bonchev–Trinajstić information content (AvgIpc) is 2.62. The van der Waals surface area contributed by atoms with E-state index in [2.05, 4.69) is 20.6 Å². The fourth-order valence-corrected chi connectivity index (χ4v) is 2.15. The van der Waals surface area contributed by atoms with Crippen LogP contribution in [0, 0.1) is 11.6 Å². The van der Waals surface area contributed by atoms with Gasteiger partial charge in [-0.2, -0.15) is 0 Å². The first-order valence-electron chi connectivity index (χ1n) is 8.08. The van der Waals surface area contributed by atoms with Gasteiger partial charge in [0.15, 0.2) is 5.96 Å². The molecular weight excluding hydrogens is 326 g/mol. The van der Waals surface area contributed by atoms with E-state index in [9.17, 15) is 8.78 Å². The molecule has 0 aliphatic rings. The number of aromatic nitrogens is 1. The van der Waals surface area contributed by atoms with Crippen LogP contribution in [-0.2, 0) is 6.54 Å². The maximum atomic E-state index is 13.6. The fraction of sp³-hybridized carbons (Fsp3) is 0.333. The second kappa shape index (κ2) is 9.56. The van der Waals surface area contributed by atoms with Crippen molar-refractivity contribution in [2.24, 2.45) is 4.99 Å². The van der Waals surface area contributed by atoms with Gasteiger partial charge in [0.05, 0.1) is 18.8 Å². The van der Waals surface area contributed by atoms with Gasteiger partial charge in [0.2, 0.25) is 0 Å². The average molecular weight is 348 g/mol. The molecule has 1 unspecified atom stereocenters. The van der Waals surface area contributed by atoms with Crippen LogP contribution in [0.1, 0.15) is 19.0 Å². The van der Waals surface area contributed by atoms with E-state index >= 15 is 0 Å². The van der Waals surface area contributed by atoms with Gasteiger partial charge < -0.3 is 15.4 Å². The van der Waals surface area contributed by atoms with E-state index in [-0.39, 0.29) is 24.3 Å². The molecule has 1 aromatic heterocycles. The second-order valence-electron chi connectivity index (χ2n) is 5.34. The number of rotatable bonds is 7. The lowest BCUT2D eigenvalue weighted by atomic mass is 10.2. The van der Waals surface area contributed by atoms with Gasteiger partial charge in [-0.3, -0.25) is 9.98 Å². The third-order valence-corrected chi connectivity index (χ3v) is 3.53. The SMILES string of the molecule is CCC(CNC(=NC)NCc1ncccc1F)Oc1cccc(F)c1. The van der Waals surface area contributed by atoms with Crippen LogP contribution in [0.4, 0.5) is 8.78 Å². The maximum absolute atomic E-state index is 13.6. The van der Waals surface area contributed by atoms with E-state index in [4.69, 9.17) is 4.74 Å². The van der Waals surface area contributed by atoms with Crippen molar-refractivity contribution in [1.29, 1.82) is 0 Å². The normalized spacial score (nSPS) is 12.6. The summed E-state index contributed by atoms with van der Waals surface area (Å²) in [6.45, 7) is 2.66. The highest BCUT2D eigenvalue weighted by atomic mass is 19.1. The number of pyridine rings is 1. The van der Waals surface area contributed by atoms with Crippen LogP contribution in [0.2, 0.25) is 0 Å². The summed E-state index contributed by atoms with van der Waals surface area (Å²) in [5.41, 5.74) is 0.313. The van der Waals surface area contributed by atoms with Crippen LogP contribution in [0.5, 0.6) is 5.75 Å². The van der Waals surface area contributed by atoms with Crippen molar-refractivity contribution in [1.82, 2.24) is 15.6 Å². The Hall–Kier alpha value is -2.70. The topological polar surface area (TPSA) is 58.5 Å². The van der Waals surface area contributed by atoms with Gasteiger partial charge in [-0.1, -0.05) is 13.0 Å². The molecule has 0 aliphatic carbocycles. The molecule has 2 rings (SSSR count). The number of nitrogens with one attached hydrogen (secondary N) is 2. The Labute approximate surface area is 146 Å². The van der Waals surface area contributed by atoms with Gasteiger partial charge in [0.25, 0.3) is 0 Å². The van der Waals surface area contributed by atoms with Crippen LogP contribution in [0.3, 0.4) is 0 Å². The minimum absolute atomic E-state index is 0.160. The zero-order valence-corrected chi connectivity index (χ0v) is 14.3. The number of nitrogens with zero attached hydrogens (tertiary/aromatic N) is 2. The number of aliphatic imine (C=N–C) groups is 1. The first-order valence-corrected chi connectivity index (χ1v) is 8.08. The van der Waals surface area contributed by atoms with Gasteiger partial charge in [-0.05, 0) is 30.7 Å². The molecule has 1 atom stereocenters. The highest BCUT2D eigenvalue weighted by molar-refractivity contribution is 5.79. The Kier molecular flexibility index (Phi) is 7.13. The summed E-state index contributed by atoms with van der Waals surface area (Å²) in [6, 6.07) is 8.94. The standard InChI is InChI=1S/C18H22F2N4O/c1-3-14(25-15-7-4-6-13(19)10-15)11-23-18(21-2)24-12-17-16(20)8-5-9-22-17/h4-10,14H,3,11-12H2,1-2H3,(H2,21,23,24). The van der Waals surface area contributed by atoms with E-state index < -0.39 is 0 Å². The van der Waals surface area contributed by atoms with Crippen LogP contribution >= 0.6 is 0 Å². The van der Waals surface area contributed by atoms with Crippen LogP contribution < -0.4 is 15.4 Å². The first-order chi connectivity index (χ1) is 12.1. The molecule has 0 amide bonds. The third kappa shape index (κ3) is 6.02. The van der Waals surface area contributed by atoms with Gasteiger partial charge in [-0.25, -0.2) is 8.78 Å². The lowest BCUT2D eigenvalue weighted by Gasteiger charge is -2.20. The molecule has 5 nitrogen and oxygen atoms in total. The maximum Gasteiger partial charge on any atom is 0.191 e. The zero-order valence-electron chi connectivity index (χ0n) is 14.3. The van der Waals surface area contributed by atoms with Crippen molar-refractivity contribution in [2.75, 3.05) is 13.6 Å². The molecule has 134 valence electrons. The monoisotopic (exact) mass is 348 g/mol. The van der Waals surface area contributed by atoms with Crippen LogP contribution in [-0.4, -0.2) is 30.6 Å². The number of guanidine groups is 1. The van der Waals surface area contributed by atoms with Crippen LogP contribution in [0.25, 0.3) is 0 Å².